The van der Waals surface area contributed by atoms with E-state index in [1.165, 1.54) is 5.56 Å². The number of ether oxygens (including phenoxy) is 1. The molecule has 4 heteroatoms. The topological polar surface area (TPSA) is 63.9 Å². The molecule has 4 nitrogen and oxygen atoms in total. The SMILES string of the molecule is COc1cccc(Cc2cc(CN)n[nH]2)c1. The molecule has 2 rings (SSSR count). The fraction of sp³-hybridized carbons (Fsp3) is 0.250. The number of nitrogens with one attached hydrogen (secondary N) is 1. The zero-order valence-electron chi connectivity index (χ0n) is 9.23. The fourth-order valence-corrected chi connectivity index (χ4v) is 1.61. The number of methoxy groups -OCH3 is 1. The molecular formula is C12H15N3O. The highest BCUT2D eigenvalue weighted by Crippen LogP contribution is 2.15. The standard InChI is InChI=1S/C12H15N3O/c1-16-12-4-2-3-9(6-12)5-10-7-11(8-13)15-14-10/h2-4,6-7H,5,8,13H2,1H3,(H,14,15). The van der Waals surface area contributed by atoms with Crippen molar-refractivity contribution in [1.82, 2.24) is 10.2 Å². The first kappa shape index (κ1) is 10.7. The maximum absolute atomic E-state index is 5.50. The number of aromatic amines is 1. The Morgan fingerprint density at radius 1 is 1.38 bits per heavy atom. The Hall–Kier alpha value is -1.81. The summed E-state index contributed by atoms with van der Waals surface area (Å²) in [7, 11) is 1.67. The molecule has 0 atom stereocenters. The van der Waals surface area contributed by atoms with E-state index in [4.69, 9.17) is 10.5 Å². The van der Waals surface area contributed by atoms with Crippen LogP contribution in [-0.4, -0.2) is 17.3 Å². The molecule has 0 fully saturated rings. The minimum Gasteiger partial charge on any atom is -0.497 e. The number of aromatic nitrogens is 2. The molecule has 3 N–H and O–H groups in total. The van der Waals surface area contributed by atoms with E-state index >= 15 is 0 Å². The number of nitrogens with two attached hydrogens (primary N) is 1. The lowest BCUT2D eigenvalue weighted by Gasteiger charge is -2.02. The molecule has 0 bridgehead atoms. The van der Waals surface area contributed by atoms with E-state index in [-0.39, 0.29) is 0 Å². The summed E-state index contributed by atoms with van der Waals surface area (Å²) in [6.45, 7) is 0.467. The first-order valence-electron chi connectivity index (χ1n) is 5.18. The molecule has 0 aliphatic rings. The molecule has 0 aliphatic heterocycles. The van der Waals surface area contributed by atoms with Crippen LogP contribution in [0.5, 0.6) is 5.75 Å². The van der Waals surface area contributed by atoms with Crippen molar-refractivity contribution in [3.05, 3.63) is 47.3 Å². The van der Waals surface area contributed by atoms with Crippen LogP contribution in [0.25, 0.3) is 0 Å². The smallest absolute Gasteiger partial charge is 0.119 e. The van der Waals surface area contributed by atoms with Crippen LogP contribution in [0.2, 0.25) is 0 Å². The van der Waals surface area contributed by atoms with Crippen LogP contribution in [0.4, 0.5) is 0 Å². The van der Waals surface area contributed by atoms with Crippen LogP contribution in [0.3, 0.4) is 0 Å². The van der Waals surface area contributed by atoms with E-state index in [1.54, 1.807) is 7.11 Å². The van der Waals surface area contributed by atoms with Gasteiger partial charge in [0.15, 0.2) is 0 Å². The maximum atomic E-state index is 5.50. The normalized spacial score (nSPS) is 10.4. The summed E-state index contributed by atoms with van der Waals surface area (Å²) in [6, 6.07) is 9.98. The lowest BCUT2D eigenvalue weighted by molar-refractivity contribution is 0.414. The van der Waals surface area contributed by atoms with Gasteiger partial charge in [-0.15, -0.1) is 0 Å². The average molecular weight is 217 g/mol. The first-order chi connectivity index (χ1) is 7.81. The third kappa shape index (κ3) is 2.41. The molecule has 0 amide bonds. The number of H-pyrrole nitrogens is 1. The van der Waals surface area contributed by atoms with Gasteiger partial charge in [-0.25, -0.2) is 0 Å². The Labute approximate surface area is 94.4 Å². The van der Waals surface area contributed by atoms with Crippen molar-refractivity contribution >= 4 is 0 Å². The number of hydrogen-bond donors (Lipinski definition) is 2. The number of rotatable bonds is 4. The quantitative estimate of drug-likeness (QED) is 0.815. The van der Waals surface area contributed by atoms with Crippen molar-refractivity contribution < 1.29 is 4.74 Å². The molecular weight excluding hydrogens is 202 g/mol. The maximum Gasteiger partial charge on any atom is 0.119 e. The second-order valence-electron chi connectivity index (χ2n) is 3.62. The van der Waals surface area contributed by atoms with E-state index in [9.17, 15) is 0 Å². The van der Waals surface area contributed by atoms with Crippen LogP contribution >= 0.6 is 0 Å². The van der Waals surface area contributed by atoms with E-state index in [0.717, 1.165) is 23.6 Å². The predicted molar refractivity (Wildman–Crippen MR) is 62.3 cm³/mol. The van der Waals surface area contributed by atoms with Crippen molar-refractivity contribution in [2.75, 3.05) is 7.11 Å². The van der Waals surface area contributed by atoms with Crippen molar-refractivity contribution in [2.24, 2.45) is 5.73 Å². The Balaban J connectivity index is 2.13. The second-order valence-corrected chi connectivity index (χ2v) is 3.62. The average Bonchev–Trinajstić information content (AvgIpc) is 2.77. The molecule has 0 saturated heterocycles. The number of hydrogen-bond acceptors (Lipinski definition) is 3. The van der Waals surface area contributed by atoms with Crippen molar-refractivity contribution in [3.63, 3.8) is 0 Å². The Bertz CT molecular complexity index is 465. The summed E-state index contributed by atoms with van der Waals surface area (Å²) in [5.41, 5.74) is 8.64. The van der Waals surface area contributed by atoms with E-state index in [2.05, 4.69) is 16.3 Å². The van der Waals surface area contributed by atoms with Crippen molar-refractivity contribution in [2.45, 2.75) is 13.0 Å². The van der Waals surface area contributed by atoms with Gasteiger partial charge in [0.05, 0.1) is 12.8 Å². The molecule has 1 aromatic carbocycles. The van der Waals surface area contributed by atoms with Crippen LogP contribution in [0.15, 0.2) is 30.3 Å². The van der Waals surface area contributed by atoms with Crippen LogP contribution in [0.1, 0.15) is 17.0 Å². The number of nitrogens with zero attached hydrogens (tertiary/aromatic N) is 1. The lowest BCUT2D eigenvalue weighted by atomic mass is 10.1. The lowest BCUT2D eigenvalue weighted by Crippen LogP contribution is -1.95. The minimum atomic E-state index is 0.467. The second kappa shape index (κ2) is 4.81. The van der Waals surface area contributed by atoms with Gasteiger partial charge in [-0.1, -0.05) is 12.1 Å². The molecule has 2 aromatic rings. The van der Waals surface area contributed by atoms with Gasteiger partial charge >= 0.3 is 0 Å². The number of benzene rings is 1. The highest BCUT2D eigenvalue weighted by molar-refractivity contribution is 5.31. The zero-order chi connectivity index (χ0) is 11.4. The molecule has 16 heavy (non-hydrogen) atoms. The van der Waals surface area contributed by atoms with Gasteiger partial charge in [0.1, 0.15) is 5.75 Å². The summed E-state index contributed by atoms with van der Waals surface area (Å²) >= 11 is 0. The van der Waals surface area contributed by atoms with Gasteiger partial charge < -0.3 is 10.5 Å². The largest absolute Gasteiger partial charge is 0.497 e. The molecule has 0 spiro atoms. The van der Waals surface area contributed by atoms with Gasteiger partial charge in [0.25, 0.3) is 0 Å². The third-order valence-electron chi connectivity index (χ3n) is 2.42. The summed E-state index contributed by atoms with van der Waals surface area (Å²) in [6.07, 6.45) is 0.810. The molecule has 0 radical (unpaired) electrons. The summed E-state index contributed by atoms with van der Waals surface area (Å²) in [4.78, 5) is 0. The molecule has 0 unspecified atom stereocenters. The minimum absolute atomic E-state index is 0.467. The molecule has 1 heterocycles. The van der Waals surface area contributed by atoms with E-state index in [1.807, 2.05) is 24.3 Å². The Kier molecular flexibility index (Phi) is 3.22. The van der Waals surface area contributed by atoms with Gasteiger partial charge in [-0.3, -0.25) is 5.10 Å². The monoisotopic (exact) mass is 217 g/mol. The third-order valence-corrected chi connectivity index (χ3v) is 2.42. The van der Waals surface area contributed by atoms with Gasteiger partial charge in [0.2, 0.25) is 0 Å². The molecule has 1 aromatic heterocycles. The Morgan fingerprint density at radius 2 is 2.25 bits per heavy atom. The highest BCUT2D eigenvalue weighted by atomic mass is 16.5. The van der Waals surface area contributed by atoms with Crippen molar-refractivity contribution in [3.8, 4) is 5.75 Å². The fourth-order valence-electron chi connectivity index (χ4n) is 1.61. The van der Waals surface area contributed by atoms with E-state index in [0.29, 0.717) is 6.54 Å². The van der Waals surface area contributed by atoms with Crippen LogP contribution < -0.4 is 10.5 Å². The van der Waals surface area contributed by atoms with Crippen LogP contribution in [-0.2, 0) is 13.0 Å². The summed E-state index contributed by atoms with van der Waals surface area (Å²) in [5.74, 6) is 0.871. The van der Waals surface area contributed by atoms with Gasteiger partial charge in [-0.2, -0.15) is 5.10 Å². The highest BCUT2D eigenvalue weighted by Gasteiger charge is 2.02. The van der Waals surface area contributed by atoms with E-state index < -0.39 is 0 Å². The van der Waals surface area contributed by atoms with Gasteiger partial charge in [0, 0.05) is 18.7 Å². The van der Waals surface area contributed by atoms with Crippen LogP contribution in [0, 0.1) is 0 Å². The Morgan fingerprint density at radius 3 is 2.94 bits per heavy atom. The van der Waals surface area contributed by atoms with Gasteiger partial charge in [-0.05, 0) is 23.8 Å². The summed E-state index contributed by atoms with van der Waals surface area (Å²) in [5, 5.41) is 7.06. The first-order valence-corrected chi connectivity index (χ1v) is 5.18. The zero-order valence-corrected chi connectivity index (χ0v) is 9.23. The molecule has 0 aliphatic carbocycles. The molecule has 84 valence electrons. The summed E-state index contributed by atoms with van der Waals surface area (Å²) < 4.78 is 5.17. The van der Waals surface area contributed by atoms with Crippen molar-refractivity contribution in [1.29, 1.82) is 0 Å². The molecule has 0 saturated carbocycles. The predicted octanol–water partition coefficient (Wildman–Crippen LogP) is 1.47.